The van der Waals surface area contributed by atoms with E-state index in [9.17, 15) is 9.90 Å². The molecule has 4 N–H and O–H groups in total. The SMILES string of the molecule is CC(N)c1nc(C(=O)NC2CCCCC2CO)cs1. The first kappa shape index (κ1) is 14.4. The van der Waals surface area contributed by atoms with Crippen LogP contribution in [0, 0.1) is 5.92 Å². The lowest BCUT2D eigenvalue weighted by Crippen LogP contribution is -2.43. The molecule has 1 saturated carbocycles. The first-order valence-corrected chi connectivity index (χ1v) is 7.62. The second-order valence-electron chi connectivity index (χ2n) is 5.17. The van der Waals surface area contributed by atoms with Crippen molar-refractivity contribution in [1.29, 1.82) is 0 Å². The summed E-state index contributed by atoms with van der Waals surface area (Å²) in [5.41, 5.74) is 6.17. The Bertz CT molecular complexity index is 433. The van der Waals surface area contributed by atoms with E-state index in [1.807, 2.05) is 6.92 Å². The van der Waals surface area contributed by atoms with Crippen molar-refractivity contribution in [2.24, 2.45) is 11.7 Å². The maximum atomic E-state index is 12.1. The van der Waals surface area contributed by atoms with Crippen LogP contribution < -0.4 is 11.1 Å². The summed E-state index contributed by atoms with van der Waals surface area (Å²) >= 11 is 1.41. The number of thiazole rings is 1. The third-order valence-corrected chi connectivity index (χ3v) is 4.65. The smallest absolute Gasteiger partial charge is 0.270 e. The minimum Gasteiger partial charge on any atom is -0.396 e. The number of rotatable bonds is 4. The molecule has 0 saturated heterocycles. The van der Waals surface area contributed by atoms with Gasteiger partial charge >= 0.3 is 0 Å². The van der Waals surface area contributed by atoms with Gasteiger partial charge in [0.25, 0.3) is 5.91 Å². The molecule has 0 aliphatic heterocycles. The summed E-state index contributed by atoms with van der Waals surface area (Å²) in [6.07, 6.45) is 4.14. The topological polar surface area (TPSA) is 88.2 Å². The number of hydrogen-bond acceptors (Lipinski definition) is 5. The monoisotopic (exact) mass is 283 g/mol. The highest BCUT2D eigenvalue weighted by molar-refractivity contribution is 7.09. The van der Waals surface area contributed by atoms with Gasteiger partial charge in [-0.25, -0.2) is 4.98 Å². The number of carbonyl (C=O) groups is 1. The molecule has 1 heterocycles. The molecule has 3 unspecified atom stereocenters. The molecule has 1 aromatic heterocycles. The Morgan fingerprint density at radius 2 is 2.37 bits per heavy atom. The number of nitrogens with one attached hydrogen (secondary N) is 1. The van der Waals surface area contributed by atoms with Crippen LogP contribution in [-0.4, -0.2) is 28.6 Å². The van der Waals surface area contributed by atoms with Crippen LogP contribution in [0.1, 0.15) is 54.1 Å². The zero-order valence-electron chi connectivity index (χ0n) is 11.1. The number of amides is 1. The lowest BCUT2D eigenvalue weighted by Gasteiger charge is -2.30. The Balaban J connectivity index is 1.99. The van der Waals surface area contributed by atoms with Gasteiger partial charge in [-0.2, -0.15) is 0 Å². The molecule has 5 nitrogen and oxygen atoms in total. The zero-order chi connectivity index (χ0) is 13.8. The zero-order valence-corrected chi connectivity index (χ0v) is 11.9. The molecule has 1 aliphatic rings. The van der Waals surface area contributed by atoms with Crippen molar-refractivity contribution in [1.82, 2.24) is 10.3 Å². The van der Waals surface area contributed by atoms with Crippen LogP contribution in [0.3, 0.4) is 0 Å². The second kappa shape index (κ2) is 6.45. The molecule has 1 amide bonds. The third-order valence-electron chi connectivity index (χ3n) is 3.60. The molecular formula is C13H21N3O2S. The van der Waals surface area contributed by atoms with Gasteiger partial charge in [0.05, 0.1) is 6.04 Å². The van der Waals surface area contributed by atoms with Gasteiger partial charge in [0.1, 0.15) is 10.7 Å². The van der Waals surface area contributed by atoms with Crippen LogP contribution in [0.5, 0.6) is 0 Å². The molecule has 3 atom stereocenters. The van der Waals surface area contributed by atoms with E-state index in [-0.39, 0.29) is 30.5 Å². The second-order valence-corrected chi connectivity index (χ2v) is 6.06. The van der Waals surface area contributed by atoms with Crippen molar-refractivity contribution in [2.75, 3.05) is 6.61 Å². The molecule has 0 aromatic carbocycles. The van der Waals surface area contributed by atoms with Crippen molar-refractivity contribution < 1.29 is 9.90 Å². The quantitative estimate of drug-likeness (QED) is 0.780. The molecule has 0 bridgehead atoms. The number of nitrogens with two attached hydrogens (primary N) is 1. The van der Waals surface area contributed by atoms with Gasteiger partial charge in [0, 0.05) is 23.9 Å². The molecule has 1 aliphatic carbocycles. The fourth-order valence-corrected chi connectivity index (χ4v) is 3.22. The van der Waals surface area contributed by atoms with Gasteiger partial charge in [-0.3, -0.25) is 4.79 Å². The Morgan fingerprint density at radius 1 is 1.63 bits per heavy atom. The van der Waals surface area contributed by atoms with Crippen molar-refractivity contribution in [3.05, 3.63) is 16.1 Å². The van der Waals surface area contributed by atoms with Gasteiger partial charge in [-0.05, 0) is 19.8 Å². The lowest BCUT2D eigenvalue weighted by molar-refractivity contribution is 0.0868. The lowest BCUT2D eigenvalue weighted by atomic mass is 9.85. The fraction of sp³-hybridized carbons (Fsp3) is 0.692. The van der Waals surface area contributed by atoms with Crippen molar-refractivity contribution >= 4 is 17.2 Å². The summed E-state index contributed by atoms with van der Waals surface area (Å²) in [6.45, 7) is 1.98. The highest BCUT2D eigenvalue weighted by atomic mass is 32.1. The van der Waals surface area contributed by atoms with Gasteiger partial charge in [-0.1, -0.05) is 12.8 Å². The third kappa shape index (κ3) is 3.52. The minimum atomic E-state index is -0.159. The maximum absolute atomic E-state index is 12.1. The first-order chi connectivity index (χ1) is 9.11. The van der Waals surface area contributed by atoms with Gasteiger partial charge in [-0.15, -0.1) is 11.3 Å². The van der Waals surface area contributed by atoms with Crippen LogP contribution >= 0.6 is 11.3 Å². The molecule has 6 heteroatoms. The number of aliphatic hydroxyl groups is 1. The maximum Gasteiger partial charge on any atom is 0.270 e. The molecule has 106 valence electrons. The van der Waals surface area contributed by atoms with E-state index in [2.05, 4.69) is 10.3 Å². The van der Waals surface area contributed by atoms with E-state index in [1.165, 1.54) is 11.3 Å². The van der Waals surface area contributed by atoms with E-state index in [4.69, 9.17) is 5.73 Å². The van der Waals surface area contributed by atoms with E-state index in [1.54, 1.807) is 5.38 Å². The molecule has 0 radical (unpaired) electrons. The predicted octanol–water partition coefficient (Wildman–Crippen LogP) is 1.44. The molecule has 0 spiro atoms. The van der Waals surface area contributed by atoms with Crippen LogP contribution in [0.15, 0.2) is 5.38 Å². The van der Waals surface area contributed by atoms with E-state index < -0.39 is 0 Å². The van der Waals surface area contributed by atoms with Crippen molar-refractivity contribution in [2.45, 2.75) is 44.7 Å². The number of nitrogens with zero attached hydrogens (tertiary/aromatic N) is 1. The first-order valence-electron chi connectivity index (χ1n) is 6.74. The average Bonchev–Trinajstić information content (AvgIpc) is 2.89. The molecular weight excluding hydrogens is 262 g/mol. The van der Waals surface area contributed by atoms with E-state index in [0.717, 1.165) is 30.7 Å². The number of aromatic nitrogens is 1. The Morgan fingerprint density at radius 3 is 3.00 bits per heavy atom. The number of carbonyl (C=O) groups excluding carboxylic acids is 1. The highest BCUT2D eigenvalue weighted by Gasteiger charge is 2.26. The van der Waals surface area contributed by atoms with E-state index in [0.29, 0.717) is 5.69 Å². The largest absolute Gasteiger partial charge is 0.396 e. The summed E-state index contributed by atoms with van der Waals surface area (Å²) in [5, 5.41) is 14.8. The molecule has 19 heavy (non-hydrogen) atoms. The Labute approximate surface area is 117 Å². The van der Waals surface area contributed by atoms with Crippen molar-refractivity contribution in [3.63, 3.8) is 0 Å². The predicted molar refractivity (Wildman–Crippen MR) is 75.0 cm³/mol. The van der Waals surface area contributed by atoms with Crippen LogP contribution in [0.25, 0.3) is 0 Å². The van der Waals surface area contributed by atoms with Crippen LogP contribution in [-0.2, 0) is 0 Å². The van der Waals surface area contributed by atoms with Gasteiger partial charge in [0.15, 0.2) is 0 Å². The molecule has 1 aromatic rings. The Hall–Kier alpha value is -0.980. The summed E-state index contributed by atoms with van der Waals surface area (Å²) < 4.78 is 0. The summed E-state index contributed by atoms with van der Waals surface area (Å²) in [6, 6.07) is -0.0851. The van der Waals surface area contributed by atoms with Gasteiger partial charge < -0.3 is 16.2 Å². The minimum absolute atomic E-state index is 0.0618. The summed E-state index contributed by atoms with van der Waals surface area (Å²) in [4.78, 5) is 16.4. The summed E-state index contributed by atoms with van der Waals surface area (Å²) in [5.74, 6) is 0.0118. The Kier molecular flexibility index (Phi) is 4.90. The number of aliphatic hydroxyl groups excluding tert-OH is 1. The average molecular weight is 283 g/mol. The van der Waals surface area contributed by atoms with Crippen LogP contribution in [0.4, 0.5) is 0 Å². The van der Waals surface area contributed by atoms with Gasteiger partial charge in [0.2, 0.25) is 0 Å². The fourth-order valence-electron chi connectivity index (χ4n) is 2.46. The van der Waals surface area contributed by atoms with Crippen LogP contribution in [0.2, 0.25) is 0 Å². The van der Waals surface area contributed by atoms with E-state index >= 15 is 0 Å². The normalized spacial score (nSPS) is 25.0. The summed E-state index contributed by atoms with van der Waals surface area (Å²) in [7, 11) is 0. The highest BCUT2D eigenvalue weighted by Crippen LogP contribution is 2.24. The standard InChI is InChI=1S/C13H21N3O2S/c1-8(14)13-16-11(7-19-13)12(18)15-10-5-3-2-4-9(10)6-17/h7-10,17H,2-6,14H2,1H3,(H,15,18). The number of hydrogen-bond donors (Lipinski definition) is 3. The molecule has 1 fully saturated rings. The molecule has 2 rings (SSSR count). The van der Waals surface area contributed by atoms with Crippen molar-refractivity contribution in [3.8, 4) is 0 Å².